The predicted octanol–water partition coefficient (Wildman–Crippen LogP) is -1.63. The lowest BCUT2D eigenvalue weighted by Gasteiger charge is -2.13. The van der Waals surface area contributed by atoms with Gasteiger partial charge in [-0.2, -0.15) is 0 Å². The van der Waals surface area contributed by atoms with Gasteiger partial charge in [-0.25, -0.2) is 0 Å². The third-order valence-electron chi connectivity index (χ3n) is 2.17. The number of rotatable bonds is 5. The van der Waals surface area contributed by atoms with E-state index >= 15 is 0 Å². The Morgan fingerprint density at radius 1 is 1.64 bits per heavy atom. The van der Waals surface area contributed by atoms with Gasteiger partial charge in [0, 0.05) is 19.4 Å². The van der Waals surface area contributed by atoms with Crippen molar-refractivity contribution in [3.63, 3.8) is 0 Å². The topological polar surface area (TPSA) is 112 Å². The number of hydrogen-bond acceptors (Lipinski definition) is 5. The molecule has 6 heteroatoms. The monoisotopic (exact) mass is 203 g/mol. The molecule has 0 bridgehead atoms. The van der Waals surface area contributed by atoms with E-state index < -0.39 is 12.2 Å². The molecule has 0 aliphatic carbocycles. The van der Waals surface area contributed by atoms with Crippen LogP contribution >= 0.6 is 0 Å². The molecule has 1 aliphatic heterocycles. The SMILES string of the molecule is N=C(N)CCNC1CC(O)C(CO)O1. The fourth-order valence-corrected chi connectivity index (χ4v) is 1.39. The quantitative estimate of drug-likeness (QED) is 0.272. The Morgan fingerprint density at radius 2 is 2.36 bits per heavy atom. The average Bonchev–Trinajstić information content (AvgIpc) is 2.45. The Morgan fingerprint density at radius 3 is 2.86 bits per heavy atom. The Bertz CT molecular complexity index is 200. The van der Waals surface area contributed by atoms with Crippen molar-refractivity contribution < 1.29 is 14.9 Å². The van der Waals surface area contributed by atoms with Gasteiger partial charge in [0.25, 0.3) is 0 Å². The molecule has 1 rings (SSSR count). The molecule has 0 amide bonds. The average molecular weight is 203 g/mol. The van der Waals surface area contributed by atoms with Gasteiger partial charge in [-0.3, -0.25) is 10.7 Å². The molecule has 0 aromatic rings. The molecule has 3 unspecified atom stereocenters. The van der Waals surface area contributed by atoms with Crippen molar-refractivity contribution in [1.29, 1.82) is 5.41 Å². The van der Waals surface area contributed by atoms with Crippen molar-refractivity contribution in [1.82, 2.24) is 5.32 Å². The fraction of sp³-hybridized carbons (Fsp3) is 0.875. The van der Waals surface area contributed by atoms with Gasteiger partial charge in [0.1, 0.15) is 12.3 Å². The molecule has 0 saturated carbocycles. The number of hydrogen-bond donors (Lipinski definition) is 5. The Hall–Kier alpha value is -0.690. The van der Waals surface area contributed by atoms with E-state index in [2.05, 4.69) is 5.32 Å². The van der Waals surface area contributed by atoms with Gasteiger partial charge in [0.05, 0.1) is 18.5 Å². The molecule has 6 nitrogen and oxygen atoms in total. The molecule has 3 atom stereocenters. The van der Waals surface area contributed by atoms with Gasteiger partial charge in [0.15, 0.2) is 0 Å². The maximum absolute atomic E-state index is 9.38. The van der Waals surface area contributed by atoms with Crippen LogP contribution in [0, 0.1) is 5.41 Å². The van der Waals surface area contributed by atoms with Crippen molar-refractivity contribution in [2.45, 2.75) is 31.3 Å². The van der Waals surface area contributed by atoms with Gasteiger partial charge >= 0.3 is 0 Å². The summed E-state index contributed by atoms with van der Waals surface area (Å²) in [7, 11) is 0. The third kappa shape index (κ3) is 3.22. The molecule has 14 heavy (non-hydrogen) atoms. The molecule has 1 heterocycles. The minimum absolute atomic E-state index is 0.120. The highest BCUT2D eigenvalue weighted by Crippen LogP contribution is 2.17. The summed E-state index contributed by atoms with van der Waals surface area (Å²) in [6.45, 7) is 0.372. The van der Waals surface area contributed by atoms with E-state index in [4.69, 9.17) is 21.0 Å². The molecular weight excluding hydrogens is 186 g/mol. The first kappa shape index (κ1) is 11.4. The molecule has 0 aromatic heterocycles. The van der Waals surface area contributed by atoms with Crippen molar-refractivity contribution in [3.05, 3.63) is 0 Å². The maximum Gasteiger partial charge on any atom is 0.111 e. The predicted molar refractivity (Wildman–Crippen MR) is 50.9 cm³/mol. The normalized spacial score (nSPS) is 32.0. The third-order valence-corrected chi connectivity index (χ3v) is 2.17. The van der Waals surface area contributed by atoms with E-state index in [0.29, 0.717) is 19.4 Å². The molecular formula is C8H17N3O3. The van der Waals surface area contributed by atoms with Gasteiger partial charge in [0.2, 0.25) is 0 Å². The van der Waals surface area contributed by atoms with Crippen LogP contribution in [0.1, 0.15) is 12.8 Å². The zero-order chi connectivity index (χ0) is 10.6. The lowest BCUT2D eigenvalue weighted by Crippen LogP contribution is -2.32. The van der Waals surface area contributed by atoms with E-state index in [9.17, 15) is 5.11 Å². The smallest absolute Gasteiger partial charge is 0.111 e. The number of aliphatic hydroxyl groups is 2. The largest absolute Gasteiger partial charge is 0.394 e. The highest BCUT2D eigenvalue weighted by atomic mass is 16.5. The zero-order valence-electron chi connectivity index (χ0n) is 7.94. The standard InChI is InChI=1S/C8H17N3O3/c9-7(10)1-2-11-8-3-5(13)6(4-12)14-8/h5-6,8,11-13H,1-4H2,(H3,9,10). The first-order valence-electron chi connectivity index (χ1n) is 4.64. The summed E-state index contributed by atoms with van der Waals surface area (Å²) in [6.07, 6.45) is -0.441. The van der Waals surface area contributed by atoms with E-state index in [1.54, 1.807) is 0 Å². The van der Waals surface area contributed by atoms with Crippen LogP contribution in [-0.4, -0.2) is 47.6 Å². The first-order valence-corrected chi connectivity index (χ1v) is 4.64. The van der Waals surface area contributed by atoms with Crippen LogP contribution in [0.3, 0.4) is 0 Å². The minimum Gasteiger partial charge on any atom is -0.394 e. The van der Waals surface area contributed by atoms with Crippen LogP contribution in [0.5, 0.6) is 0 Å². The fourth-order valence-electron chi connectivity index (χ4n) is 1.39. The molecule has 6 N–H and O–H groups in total. The summed E-state index contributed by atoms with van der Waals surface area (Å²) in [6, 6.07) is 0. The summed E-state index contributed by atoms with van der Waals surface area (Å²) >= 11 is 0. The molecule has 0 aromatic carbocycles. The molecule has 0 spiro atoms. The summed E-state index contributed by atoms with van der Waals surface area (Å²) in [5.41, 5.74) is 5.17. The second-order valence-electron chi connectivity index (χ2n) is 3.38. The van der Waals surface area contributed by atoms with Gasteiger partial charge in [-0.1, -0.05) is 0 Å². The van der Waals surface area contributed by atoms with Crippen LogP contribution in [0.25, 0.3) is 0 Å². The molecule has 1 fully saturated rings. The second-order valence-corrected chi connectivity index (χ2v) is 3.38. The highest BCUT2D eigenvalue weighted by molar-refractivity contribution is 5.76. The number of nitrogens with one attached hydrogen (secondary N) is 2. The Balaban J connectivity index is 2.18. The van der Waals surface area contributed by atoms with Crippen molar-refractivity contribution in [3.8, 4) is 0 Å². The maximum atomic E-state index is 9.38. The Kier molecular flexibility index (Phi) is 4.27. The molecule has 0 radical (unpaired) electrons. The summed E-state index contributed by atoms with van der Waals surface area (Å²) < 4.78 is 5.28. The number of amidine groups is 1. The second kappa shape index (κ2) is 5.26. The van der Waals surface area contributed by atoms with Gasteiger partial charge < -0.3 is 20.7 Å². The van der Waals surface area contributed by atoms with Crippen LogP contribution in [0.2, 0.25) is 0 Å². The van der Waals surface area contributed by atoms with Gasteiger partial charge in [-0.15, -0.1) is 0 Å². The summed E-state index contributed by atoms with van der Waals surface area (Å²) in [4.78, 5) is 0. The molecule has 1 aliphatic rings. The van der Waals surface area contributed by atoms with Gasteiger partial charge in [-0.05, 0) is 0 Å². The van der Waals surface area contributed by atoms with Crippen LogP contribution in [0.4, 0.5) is 0 Å². The minimum atomic E-state index is -0.616. The van der Waals surface area contributed by atoms with Crippen molar-refractivity contribution in [2.24, 2.45) is 5.73 Å². The van der Waals surface area contributed by atoms with Crippen molar-refractivity contribution >= 4 is 5.84 Å². The zero-order valence-corrected chi connectivity index (χ0v) is 7.94. The highest BCUT2D eigenvalue weighted by Gasteiger charge is 2.32. The number of ether oxygens (including phenoxy) is 1. The van der Waals surface area contributed by atoms with Crippen LogP contribution < -0.4 is 11.1 Å². The van der Waals surface area contributed by atoms with Crippen LogP contribution in [-0.2, 0) is 4.74 Å². The Labute approximate surface area is 82.6 Å². The number of aliphatic hydroxyl groups excluding tert-OH is 2. The van der Waals surface area contributed by atoms with Crippen LogP contribution in [0.15, 0.2) is 0 Å². The lowest BCUT2D eigenvalue weighted by molar-refractivity contribution is -0.0304. The van der Waals surface area contributed by atoms with E-state index in [1.165, 1.54) is 0 Å². The summed E-state index contributed by atoms with van der Waals surface area (Å²) in [5, 5.41) is 28.2. The molecule has 82 valence electrons. The number of nitrogens with two attached hydrogens (primary N) is 1. The molecule has 1 saturated heterocycles. The summed E-state index contributed by atoms with van der Waals surface area (Å²) in [5.74, 6) is 0.120. The van der Waals surface area contributed by atoms with Crippen molar-refractivity contribution in [2.75, 3.05) is 13.2 Å². The lowest BCUT2D eigenvalue weighted by atomic mass is 10.2. The van der Waals surface area contributed by atoms with E-state index in [-0.39, 0.29) is 18.7 Å². The first-order chi connectivity index (χ1) is 6.63. The van der Waals surface area contributed by atoms with E-state index in [1.807, 2.05) is 0 Å². The van der Waals surface area contributed by atoms with E-state index in [0.717, 1.165) is 0 Å².